The van der Waals surface area contributed by atoms with Crippen LogP contribution < -0.4 is 14.8 Å². The Hall–Kier alpha value is -1.26. The number of hydrogen-bond donors (Lipinski definition) is 2. The lowest BCUT2D eigenvalue weighted by Crippen LogP contribution is -2.43. The molecule has 2 N–H and O–H groups in total. The minimum atomic E-state index is -0.547. The molecule has 0 spiro atoms. The zero-order valence-electron chi connectivity index (χ0n) is 13.3. The summed E-state index contributed by atoms with van der Waals surface area (Å²) in [6, 6.07) is 5.90. The average molecular weight is 293 g/mol. The fourth-order valence-electron chi connectivity index (χ4n) is 3.22. The van der Waals surface area contributed by atoms with Crippen LogP contribution in [-0.4, -0.2) is 31.5 Å². The quantitative estimate of drug-likeness (QED) is 0.847. The van der Waals surface area contributed by atoms with E-state index < -0.39 is 5.60 Å². The first-order valence-electron chi connectivity index (χ1n) is 7.70. The third-order valence-corrected chi connectivity index (χ3v) is 4.30. The summed E-state index contributed by atoms with van der Waals surface area (Å²) in [5.74, 6) is 2.09. The van der Waals surface area contributed by atoms with E-state index >= 15 is 0 Å². The highest BCUT2D eigenvalue weighted by Gasteiger charge is 2.31. The Bertz CT molecular complexity index is 463. The summed E-state index contributed by atoms with van der Waals surface area (Å²) in [5, 5.41) is 14.0. The molecule has 1 aromatic carbocycles. The summed E-state index contributed by atoms with van der Waals surface area (Å²) in [4.78, 5) is 0. The molecule has 0 aromatic heterocycles. The molecule has 1 aliphatic rings. The van der Waals surface area contributed by atoms with Crippen LogP contribution in [0.4, 0.5) is 0 Å². The topological polar surface area (TPSA) is 50.7 Å². The first kappa shape index (κ1) is 16.1. The average Bonchev–Trinajstić information content (AvgIpc) is 2.46. The largest absolute Gasteiger partial charge is 0.493 e. The van der Waals surface area contributed by atoms with Gasteiger partial charge < -0.3 is 19.9 Å². The normalized spacial score (nSPS) is 25.6. The van der Waals surface area contributed by atoms with E-state index in [-0.39, 0.29) is 0 Å². The van der Waals surface area contributed by atoms with Crippen LogP contribution in [-0.2, 0) is 6.54 Å². The molecule has 2 unspecified atom stereocenters. The number of aliphatic hydroxyl groups is 1. The molecule has 0 aliphatic heterocycles. The summed E-state index contributed by atoms with van der Waals surface area (Å²) >= 11 is 0. The van der Waals surface area contributed by atoms with Crippen molar-refractivity contribution in [1.29, 1.82) is 0 Å². The zero-order valence-corrected chi connectivity index (χ0v) is 13.3. The van der Waals surface area contributed by atoms with Gasteiger partial charge in [0.1, 0.15) is 0 Å². The molecule has 21 heavy (non-hydrogen) atoms. The molecule has 4 heteroatoms. The van der Waals surface area contributed by atoms with Crippen molar-refractivity contribution in [2.45, 2.75) is 44.8 Å². The van der Waals surface area contributed by atoms with Crippen molar-refractivity contribution in [3.05, 3.63) is 23.8 Å². The molecule has 118 valence electrons. The first-order chi connectivity index (χ1) is 10.1. The predicted octanol–water partition coefficient (Wildman–Crippen LogP) is 2.73. The van der Waals surface area contributed by atoms with Crippen LogP contribution in [0.5, 0.6) is 11.5 Å². The van der Waals surface area contributed by atoms with Gasteiger partial charge in [0.15, 0.2) is 11.5 Å². The van der Waals surface area contributed by atoms with Gasteiger partial charge >= 0.3 is 0 Å². The Morgan fingerprint density at radius 1 is 1.29 bits per heavy atom. The summed E-state index contributed by atoms with van der Waals surface area (Å²) in [7, 11) is 3.27. The van der Waals surface area contributed by atoms with Gasteiger partial charge in [-0.05, 0) is 36.5 Å². The Kier molecular flexibility index (Phi) is 5.48. The van der Waals surface area contributed by atoms with E-state index in [1.807, 2.05) is 18.2 Å². The molecule has 4 nitrogen and oxygen atoms in total. The number of rotatable bonds is 6. The molecule has 1 aliphatic carbocycles. The third kappa shape index (κ3) is 4.35. The summed E-state index contributed by atoms with van der Waals surface area (Å²) < 4.78 is 10.5. The molecule has 1 saturated carbocycles. The minimum Gasteiger partial charge on any atom is -0.493 e. The third-order valence-electron chi connectivity index (χ3n) is 4.30. The second kappa shape index (κ2) is 7.14. The van der Waals surface area contributed by atoms with Gasteiger partial charge in [-0.25, -0.2) is 0 Å². The molecule has 0 saturated heterocycles. The molecule has 0 bridgehead atoms. The van der Waals surface area contributed by atoms with Crippen LogP contribution in [0.1, 0.15) is 38.2 Å². The van der Waals surface area contributed by atoms with E-state index in [9.17, 15) is 5.11 Å². The number of methoxy groups -OCH3 is 2. The van der Waals surface area contributed by atoms with E-state index in [4.69, 9.17) is 9.47 Å². The van der Waals surface area contributed by atoms with Gasteiger partial charge in [0.2, 0.25) is 0 Å². The maximum Gasteiger partial charge on any atom is 0.161 e. The van der Waals surface area contributed by atoms with Crippen molar-refractivity contribution in [1.82, 2.24) is 5.32 Å². The van der Waals surface area contributed by atoms with Crippen molar-refractivity contribution < 1.29 is 14.6 Å². The molecular weight excluding hydrogens is 266 g/mol. The monoisotopic (exact) mass is 293 g/mol. The minimum absolute atomic E-state index is 0.547. The smallest absolute Gasteiger partial charge is 0.161 e. The fraction of sp³-hybridized carbons (Fsp3) is 0.647. The van der Waals surface area contributed by atoms with Crippen molar-refractivity contribution in [2.75, 3.05) is 20.8 Å². The van der Waals surface area contributed by atoms with Crippen LogP contribution in [0, 0.1) is 5.92 Å². The lowest BCUT2D eigenvalue weighted by atomic mass is 9.79. The van der Waals surface area contributed by atoms with E-state index in [1.165, 1.54) is 6.42 Å². The number of hydrogen-bond acceptors (Lipinski definition) is 4. The van der Waals surface area contributed by atoms with Crippen molar-refractivity contribution in [2.24, 2.45) is 5.92 Å². The Morgan fingerprint density at radius 2 is 2.05 bits per heavy atom. The Labute approximate surface area is 127 Å². The molecule has 0 amide bonds. The number of ether oxygens (including phenoxy) is 2. The van der Waals surface area contributed by atoms with Gasteiger partial charge in [-0.15, -0.1) is 0 Å². The molecule has 0 radical (unpaired) electrons. The van der Waals surface area contributed by atoms with Gasteiger partial charge in [-0.2, -0.15) is 0 Å². The predicted molar refractivity (Wildman–Crippen MR) is 83.8 cm³/mol. The molecule has 2 rings (SSSR count). The van der Waals surface area contributed by atoms with E-state index in [0.717, 1.165) is 42.9 Å². The van der Waals surface area contributed by atoms with Crippen LogP contribution in [0.3, 0.4) is 0 Å². The van der Waals surface area contributed by atoms with Crippen LogP contribution in [0.15, 0.2) is 18.2 Å². The molecular formula is C17H27NO3. The lowest BCUT2D eigenvalue weighted by molar-refractivity contribution is -0.0119. The number of benzene rings is 1. The summed E-state index contributed by atoms with van der Waals surface area (Å²) in [6.07, 6.45) is 4.15. The Balaban J connectivity index is 1.88. The maximum absolute atomic E-state index is 10.6. The number of nitrogens with one attached hydrogen (secondary N) is 1. The van der Waals surface area contributed by atoms with Crippen LogP contribution >= 0.6 is 0 Å². The first-order valence-corrected chi connectivity index (χ1v) is 7.70. The highest BCUT2D eigenvalue weighted by molar-refractivity contribution is 5.42. The van der Waals surface area contributed by atoms with E-state index in [0.29, 0.717) is 12.5 Å². The maximum atomic E-state index is 10.6. The second-order valence-electron chi connectivity index (χ2n) is 6.22. The van der Waals surface area contributed by atoms with E-state index in [2.05, 4.69) is 12.2 Å². The fourth-order valence-corrected chi connectivity index (χ4v) is 3.22. The van der Waals surface area contributed by atoms with Crippen molar-refractivity contribution in [3.8, 4) is 11.5 Å². The second-order valence-corrected chi connectivity index (χ2v) is 6.22. The van der Waals surface area contributed by atoms with Gasteiger partial charge in [-0.3, -0.25) is 0 Å². The molecule has 2 atom stereocenters. The van der Waals surface area contributed by atoms with E-state index in [1.54, 1.807) is 14.2 Å². The molecule has 1 fully saturated rings. The van der Waals surface area contributed by atoms with Crippen molar-refractivity contribution in [3.63, 3.8) is 0 Å². The van der Waals surface area contributed by atoms with Crippen molar-refractivity contribution >= 4 is 0 Å². The van der Waals surface area contributed by atoms with Gasteiger partial charge in [0.05, 0.1) is 19.8 Å². The van der Waals surface area contributed by atoms with Crippen LogP contribution in [0.2, 0.25) is 0 Å². The van der Waals surface area contributed by atoms with Gasteiger partial charge in [0, 0.05) is 13.1 Å². The highest BCUT2D eigenvalue weighted by atomic mass is 16.5. The summed E-state index contributed by atoms with van der Waals surface area (Å²) in [5.41, 5.74) is 0.578. The van der Waals surface area contributed by atoms with Crippen LogP contribution in [0.25, 0.3) is 0 Å². The highest BCUT2D eigenvalue weighted by Crippen LogP contribution is 2.32. The lowest BCUT2D eigenvalue weighted by Gasteiger charge is -2.35. The SMILES string of the molecule is COc1ccc(CNCC2(O)CCCC(C)C2)cc1OC. The summed E-state index contributed by atoms with van der Waals surface area (Å²) in [6.45, 7) is 3.58. The zero-order chi connectivity index (χ0) is 15.3. The van der Waals surface area contributed by atoms with Gasteiger partial charge in [-0.1, -0.05) is 25.8 Å². The standard InChI is InChI=1S/C17H27NO3/c1-13-5-4-8-17(19,10-13)12-18-11-14-6-7-15(20-2)16(9-14)21-3/h6-7,9,13,18-19H,4-5,8,10-12H2,1-3H3. The van der Waals surface area contributed by atoms with Gasteiger partial charge in [0.25, 0.3) is 0 Å². The molecule has 1 aromatic rings. The molecule has 0 heterocycles. The Morgan fingerprint density at radius 3 is 2.71 bits per heavy atom.